The number of hydrogen-bond donors (Lipinski definition) is 1. The van der Waals surface area contributed by atoms with E-state index in [1.165, 1.54) is 29.4 Å². The number of amides is 2. The number of rotatable bonds is 5. The molecule has 0 fully saturated rings. The van der Waals surface area contributed by atoms with Crippen LogP contribution in [0.15, 0.2) is 24.5 Å². The third-order valence-electron chi connectivity index (χ3n) is 3.55. The van der Waals surface area contributed by atoms with E-state index in [1.54, 1.807) is 25.5 Å². The van der Waals surface area contributed by atoms with Crippen molar-refractivity contribution in [3.63, 3.8) is 0 Å². The number of nitrogens with one attached hydrogen (secondary N) is 1. The first-order valence-electron chi connectivity index (χ1n) is 7.26. The van der Waals surface area contributed by atoms with Crippen LogP contribution in [0.5, 0.6) is 0 Å². The lowest BCUT2D eigenvalue weighted by Crippen LogP contribution is -2.41. The summed E-state index contributed by atoms with van der Waals surface area (Å²) in [5.74, 6) is -0.748. The number of nitrogens with zero attached hydrogens (tertiary/aromatic N) is 4. The van der Waals surface area contributed by atoms with E-state index >= 15 is 0 Å². The maximum atomic E-state index is 13.7. The number of benzene rings is 1. The smallest absolute Gasteiger partial charge is 0.318 e. The maximum absolute atomic E-state index is 13.7. The molecular weight excluding hydrogens is 304 g/mol. The van der Waals surface area contributed by atoms with Crippen LogP contribution in [0, 0.1) is 11.6 Å². The minimum atomic E-state index is -0.669. The second-order valence-electron chi connectivity index (χ2n) is 5.19. The fourth-order valence-electron chi connectivity index (χ4n) is 2.23. The minimum absolute atomic E-state index is 0.129. The first-order valence-corrected chi connectivity index (χ1v) is 7.26. The highest BCUT2D eigenvalue weighted by molar-refractivity contribution is 5.74. The Labute approximate surface area is 133 Å². The molecule has 0 aliphatic heterocycles. The van der Waals surface area contributed by atoms with Gasteiger partial charge in [-0.25, -0.2) is 13.6 Å². The molecule has 0 spiro atoms. The summed E-state index contributed by atoms with van der Waals surface area (Å²) in [7, 11) is 1.77. The monoisotopic (exact) mass is 323 g/mol. The molecule has 124 valence electrons. The highest BCUT2D eigenvalue weighted by atomic mass is 19.1. The number of aryl methyl sites for hydroxylation is 1. The maximum Gasteiger partial charge on any atom is 0.318 e. The van der Waals surface area contributed by atoms with Crippen molar-refractivity contribution in [1.29, 1.82) is 0 Å². The molecule has 2 aromatic rings. The molecule has 0 aliphatic carbocycles. The Morgan fingerprint density at radius 2 is 2.04 bits per heavy atom. The van der Waals surface area contributed by atoms with Crippen molar-refractivity contribution in [2.24, 2.45) is 7.05 Å². The molecule has 1 aromatic carbocycles. The van der Waals surface area contributed by atoms with Crippen LogP contribution < -0.4 is 5.32 Å². The summed E-state index contributed by atoms with van der Waals surface area (Å²) in [6.07, 6.45) is 1.53. The average molecular weight is 323 g/mol. The van der Waals surface area contributed by atoms with Gasteiger partial charge in [0.25, 0.3) is 0 Å². The minimum Gasteiger partial charge on any atom is -0.328 e. The molecule has 0 aliphatic rings. The van der Waals surface area contributed by atoms with Gasteiger partial charge in [-0.3, -0.25) is 0 Å². The summed E-state index contributed by atoms with van der Waals surface area (Å²) >= 11 is 0. The summed E-state index contributed by atoms with van der Waals surface area (Å²) in [6, 6.07) is 2.83. The topological polar surface area (TPSA) is 63.1 Å². The van der Waals surface area contributed by atoms with E-state index in [0.29, 0.717) is 12.4 Å². The fourth-order valence-corrected chi connectivity index (χ4v) is 2.23. The van der Waals surface area contributed by atoms with E-state index in [0.717, 1.165) is 0 Å². The van der Waals surface area contributed by atoms with Crippen LogP contribution in [0.25, 0.3) is 0 Å². The molecule has 23 heavy (non-hydrogen) atoms. The van der Waals surface area contributed by atoms with E-state index in [2.05, 4.69) is 15.5 Å². The number of halogens is 2. The molecule has 2 amide bonds. The molecule has 0 bridgehead atoms. The third kappa shape index (κ3) is 3.82. The van der Waals surface area contributed by atoms with E-state index < -0.39 is 17.7 Å². The Morgan fingerprint density at radius 3 is 2.57 bits per heavy atom. The summed E-state index contributed by atoms with van der Waals surface area (Å²) < 4.78 is 29.2. The van der Waals surface area contributed by atoms with Crippen LogP contribution >= 0.6 is 0 Å². The zero-order valence-corrected chi connectivity index (χ0v) is 13.3. The Balaban J connectivity index is 2.08. The number of hydrogen-bond acceptors (Lipinski definition) is 3. The highest BCUT2D eigenvalue weighted by Crippen LogP contribution is 2.15. The van der Waals surface area contributed by atoms with Crippen molar-refractivity contribution in [3.05, 3.63) is 47.5 Å². The van der Waals surface area contributed by atoms with E-state index in [9.17, 15) is 13.6 Å². The Bertz CT molecular complexity index is 668. The Morgan fingerprint density at radius 1 is 1.39 bits per heavy atom. The summed E-state index contributed by atoms with van der Waals surface area (Å²) in [6.45, 7) is 3.67. The molecule has 0 saturated carbocycles. The Kier molecular flexibility index (Phi) is 5.25. The van der Waals surface area contributed by atoms with E-state index in [4.69, 9.17) is 0 Å². The van der Waals surface area contributed by atoms with Crippen LogP contribution in [0.1, 0.15) is 31.3 Å². The van der Waals surface area contributed by atoms with Gasteiger partial charge in [-0.05, 0) is 26.0 Å². The number of carbonyl (C=O) groups is 1. The van der Waals surface area contributed by atoms with Crippen molar-refractivity contribution >= 4 is 6.03 Å². The molecular formula is C15H19F2N5O. The molecule has 6 nitrogen and oxygen atoms in total. The van der Waals surface area contributed by atoms with Crippen LogP contribution in [-0.2, 0) is 13.6 Å². The van der Waals surface area contributed by atoms with Gasteiger partial charge in [-0.1, -0.05) is 6.07 Å². The van der Waals surface area contributed by atoms with Gasteiger partial charge < -0.3 is 14.8 Å². The normalized spacial score (nSPS) is 12.0. The molecule has 0 unspecified atom stereocenters. The van der Waals surface area contributed by atoms with Crippen LogP contribution in [-0.4, -0.2) is 32.2 Å². The number of urea groups is 1. The van der Waals surface area contributed by atoms with Gasteiger partial charge in [0.05, 0.1) is 12.6 Å². The van der Waals surface area contributed by atoms with Gasteiger partial charge in [0, 0.05) is 19.2 Å². The van der Waals surface area contributed by atoms with Crippen molar-refractivity contribution in [2.45, 2.75) is 26.4 Å². The lowest BCUT2D eigenvalue weighted by atomic mass is 10.2. The van der Waals surface area contributed by atoms with Gasteiger partial charge in [-0.15, -0.1) is 10.2 Å². The highest BCUT2D eigenvalue weighted by Gasteiger charge is 2.20. The quantitative estimate of drug-likeness (QED) is 0.919. The standard InChI is InChI=1S/C15H19F2N5O/c1-4-22(8-11-12(16)6-5-7-13(11)17)15(23)19-10(2)14-20-18-9-21(14)3/h5-7,9-10H,4,8H2,1-3H3,(H,19,23)/t10-/m1/s1. The van der Waals surface area contributed by atoms with Gasteiger partial charge in [0.15, 0.2) is 5.82 Å². The molecule has 1 N–H and O–H groups in total. The fraction of sp³-hybridized carbons (Fsp3) is 0.400. The summed E-state index contributed by atoms with van der Waals surface area (Å²) in [4.78, 5) is 13.7. The predicted molar refractivity (Wildman–Crippen MR) is 80.4 cm³/mol. The number of carbonyl (C=O) groups excluding carboxylic acids is 1. The second kappa shape index (κ2) is 7.17. The van der Waals surface area contributed by atoms with Gasteiger partial charge in [0.2, 0.25) is 0 Å². The Hall–Kier alpha value is -2.51. The largest absolute Gasteiger partial charge is 0.328 e. The number of aromatic nitrogens is 3. The average Bonchev–Trinajstić information content (AvgIpc) is 2.93. The lowest BCUT2D eigenvalue weighted by molar-refractivity contribution is 0.193. The van der Waals surface area contributed by atoms with Crippen LogP contribution in [0.4, 0.5) is 13.6 Å². The van der Waals surface area contributed by atoms with E-state index in [-0.39, 0.29) is 18.2 Å². The lowest BCUT2D eigenvalue weighted by Gasteiger charge is -2.24. The first kappa shape index (κ1) is 16.9. The van der Waals surface area contributed by atoms with Crippen molar-refractivity contribution in [3.8, 4) is 0 Å². The molecule has 0 saturated heterocycles. The van der Waals surface area contributed by atoms with Crippen molar-refractivity contribution in [2.75, 3.05) is 6.54 Å². The van der Waals surface area contributed by atoms with Gasteiger partial charge >= 0.3 is 6.03 Å². The van der Waals surface area contributed by atoms with Gasteiger partial charge in [-0.2, -0.15) is 0 Å². The molecule has 8 heteroatoms. The zero-order valence-electron chi connectivity index (χ0n) is 13.3. The van der Waals surface area contributed by atoms with Crippen LogP contribution in [0.2, 0.25) is 0 Å². The van der Waals surface area contributed by atoms with Crippen LogP contribution in [0.3, 0.4) is 0 Å². The predicted octanol–water partition coefficient (Wildman–Crippen LogP) is 2.39. The van der Waals surface area contributed by atoms with Gasteiger partial charge in [0.1, 0.15) is 18.0 Å². The molecule has 2 rings (SSSR count). The molecule has 1 heterocycles. The molecule has 0 radical (unpaired) electrons. The summed E-state index contributed by atoms with van der Waals surface area (Å²) in [5.41, 5.74) is -0.129. The zero-order chi connectivity index (χ0) is 17.0. The van der Waals surface area contributed by atoms with E-state index in [1.807, 2.05) is 0 Å². The summed E-state index contributed by atoms with van der Waals surface area (Å²) in [5, 5.41) is 10.4. The van der Waals surface area contributed by atoms with Crippen molar-refractivity contribution < 1.29 is 13.6 Å². The molecule has 1 aromatic heterocycles. The SMILES string of the molecule is CCN(Cc1c(F)cccc1F)C(=O)N[C@H](C)c1nncn1C. The molecule has 1 atom stereocenters. The first-order chi connectivity index (χ1) is 10.9. The van der Waals surface area contributed by atoms with Crippen molar-refractivity contribution in [1.82, 2.24) is 25.0 Å². The third-order valence-corrected chi connectivity index (χ3v) is 3.55. The second-order valence-corrected chi connectivity index (χ2v) is 5.19.